The minimum atomic E-state index is -1.01. The standard InChI is InChI=1S/C20H28O4/c1-6-19(4)15(22)9-12-11(16(19)23)7-8-14-18(2,3)17(24)13(21)10-20(12,14)5/h6-7,9,13-14,16-17,21,23-24H,1,8,10H2,2-5H3. The first kappa shape index (κ1) is 17.6. The van der Waals surface area contributed by atoms with Crippen molar-refractivity contribution >= 4 is 5.78 Å². The third kappa shape index (κ3) is 2.00. The first-order valence-corrected chi connectivity index (χ1v) is 8.65. The summed E-state index contributed by atoms with van der Waals surface area (Å²) in [7, 11) is 0. The Bertz CT molecular complexity index is 659. The van der Waals surface area contributed by atoms with Crippen molar-refractivity contribution in [1.29, 1.82) is 0 Å². The van der Waals surface area contributed by atoms with Gasteiger partial charge in [0.2, 0.25) is 0 Å². The summed E-state index contributed by atoms with van der Waals surface area (Å²) in [5.41, 5.74) is -0.362. The minimum absolute atomic E-state index is 0.0893. The summed E-state index contributed by atoms with van der Waals surface area (Å²) in [5, 5.41) is 31.7. The highest BCUT2D eigenvalue weighted by molar-refractivity contribution is 6.00. The Hall–Kier alpha value is -1.23. The number of aliphatic hydroxyl groups is 3. The predicted molar refractivity (Wildman–Crippen MR) is 92.1 cm³/mol. The van der Waals surface area contributed by atoms with E-state index in [-0.39, 0.29) is 11.7 Å². The summed E-state index contributed by atoms with van der Waals surface area (Å²) >= 11 is 0. The van der Waals surface area contributed by atoms with Crippen LogP contribution in [0.25, 0.3) is 0 Å². The smallest absolute Gasteiger partial charge is 0.168 e. The molecule has 3 aliphatic rings. The molecule has 0 spiro atoms. The van der Waals surface area contributed by atoms with Gasteiger partial charge in [0.15, 0.2) is 5.78 Å². The molecule has 1 saturated carbocycles. The molecule has 0 radical (unpaired) electrons. The van der Waals surface area contributed by atoms with Crippen molar-refractivity contribution in [3.05, 3.63) is 36.0 Å². The number of carbonyl (C=O) groups is 1. The van der Waals surface area contributed by atoms with Crippen molar-refractivity contribution in [2.75, 3.05) is 0 Å². The molecule has 0 aromatic rings. The second-order valence-electron chi connectivity index (χ2n) is 8.71. The van der Waals surface area contributed by atoms with Gasteiger partial charge < -0.3 is 15.3 Å². The van der Waals surface area contributed by atoms with Gasteiger partial charge in [-0.15, -0.1) is 6.58 Å². The molecule has 6 unspecified atom stereocenters. The van der Waals surface area contributed by atoms with E-state index in [1.807, 2.05) is 26.8 Å². The van der Waals surface area contributed by atoms with Gasteiger partial charge in [0.1, 0.15) is 0 Å². The van der Waals surface area contributed by atoms with Gasteiger partial charge in [0.25, 0.3) is 0 Å². The van der Waals surface area contributed by atoms with Crippen LogP contribution in [0, 0.1) is 22.2 Å². The van der Waals surface area contributed by atoms with Gasteiger partial charge in [0.05, 0.1) is 23.7 Å². The Labute approximate surface area is 143 Å². The van der Waals surface area contributed by atoms with Gasteiger partial charge in [-0.2, -0.15) is 0 Å². The Kier molecular flexibility index (Phi) is 3.76. The van der Waals surface area contributed by atoms with E-state index in [0.29, 0.717) is 12.8 Å². The van der Waals surface area contributed by atoms with Crippen LogP contribution >= 0.6 is 0 Å². The largest absolute Gasteiger partial charge is 0.390 e. The van der Waals surface area contributed by atoms with Gasteiger partial charge in [-0.05, 0) is 53.7 Å². The quantitative estimate of drug-likeness (QED) is 0.643. The Balaban J connectivity index is 2.17. The van der Waals surface area contributed by atoms with Crippen molar-refractivity contribution in [3.63, 3.8) is 0 Å². The SMILES string of the molecule is C=CC1(C)C(=O)C=C2C(=CCC3C2(C)CC(O)C(O)C3(C)C)C1O. The lowest BCUT2D eigenvalue weighted by Crippen LogP contribution is -2.59. The van der Waals surface area contributed by atoms with Crippen molar-refractivity contribution in [1.82, 2.24) is 0 Å². The van der Waals surface area contributed by atoms with Crippen LogP contribution in [0.15, 0.2) is 36.0 Å². The molecule has 0 amide bonds. The summed E-state index contributed by atoms with van der Waals surface area (Å²) in [4.78, 5) is 12.7. The van der Waals surface area contributed by atoms with Crippen LogP contribution in [0.2, 0.25) is 0 Å². The molecule has 1 fully saturated rings. The molecule has 0 bridgehead atoms. The maximum Gasteiger partial charge on any atom is 0.168 e. The molecule has 0 heterocycles. The van der Waals surface area contributed by atoms with Crippen LogP contribution in [0.4, 0.5) is 0 Å². The van der Waals surface area contributed by atoms with Crippen LogP contribution in [0.5, 0.6) is 0 Å². The van der Waals surface area contributed by atoms with E-state index in [1.54, 1.807) is 13.0 Å². The number of rotatable bonds is 1. The van der Waals surface area contributed by atoms with E-state index in [2.05, 4.69) is 6.58 Å². The van der Waals surface area contributed by atoms with E-state index in [9.17, 15) is 20.1 Å². The molecule has 6 atom stereocenters. The van der Waals surface area contributed by atoms with Crippen LogP contribution in [0.1, 0.15) is 40.5 Å². The maximum atomic E-state index is 12.7. The zero-order chi connectivity index (χ0) is 18.1. The summed E-state index contributed by atoms with van der Waals surface area (Å²) in [5.74, 6) is -0.0658. The molecule has 132 valence electrons. The van der Waals surface area contributed by atoms with E-state index in [0.717, 1.165) is 11.1 Å². The Morgan fingerprint density at radius 3 is 2.42 bits per heavy atom. The molecule has 24 heavy (non-hydrogen) atoms. The minimum Gasteiger partial charge on any atom is -0.390 e. The average Bonchev–Trinajstić information content (AvgIpc) is 2.51. The zero-order valence-electron chi connectivity index (χ0n) is 14.9. The molecule has 0 aliphatic heterocycles. The Morgan fingerprint density at radius 1 is 1.21 bits per heavy atom. The fraction of sp³-hybridized carbons (Fsp3) is 0.650. The van der Waals surface area contributed by atoms with E-state index in [1.165, 1.54) is 6.08 Å². The Morgan fingerprint density at radius 2 is 1.83 bits per heavy atom. The predicted octanol–water partition coefficient (Wildman–Crippen LogP) is 2.15. The number of carbonyl (C=O) groups excluding carboxylic acids is 1. The first-order chi connectivity index (χ1) is 11.0. The lowest BCUT2D eigenvalue weighted by atomic mass is 9.47. The normalized spacial score (nSPS) is 47.2. The second kappa shape index (κ2) is 5.13. The fourth-order valence-corrected chi connectivity index (χ4v) is 5.22. The van der Waals surface area contributed by atoms with Crippen molar-refractivity contribution in [2.45, 2.75) is 58.8 Å². The number of fused-ring (bicyclic) bond motifs is 3. The van der Waals surface area contributed by atoms with Crippen molar-refractivity contribution < 1.29 is 20.1 Å². The molecule has 3 N–H and O–H groups in total. The molecule has 0 aromatic heterocycles. The summed E-state index contributed by atoms with van der Waals surface area (Å²) in [6, 6.07) is 0. The molecule has 0 saturated heterocycles. The van der Waals surface area contributed by atoms with Gasteiger partial charge >= 0.3 is 0 Å². The third-order valence-electron chi connectivity index (χ3n) is 7.02. The fourth-order valence-electron chi connectivity index (χ4n) is 5.22. The summed E-state index contributed by atoms with van der Waals surface area (Å²) in [6.45, 7) is 11.4. The summed E-state index contributed by atoms with van der Waals surface area (Å²) in [6.07, 6.45) is 3.68. The maximum absolute atomic E-state index is 12.7. The first-order valence-electron chi connectivity index (χ1n) is 8.65. The van der Waals surface area contributed by atoms with E-state index < -0.39 is 34.6 Å². The lowest BCUT2D eigenvalue weighted by molar-refractivity contribution is -0.152. The van der Waals surface area contributed by atoms with Gasteiger partial charge in [-0.3, -0.25) is 4.79 Å². The van der Waals surface area contributed by atoms with Crippen molar-refractivity contribution in [3.8, 4) is 0 Å². The number of ketones is 1. The number of aliphatic hydroxyl groups excluding tert-OH is 3. The third-order valence-corrected chi connectivity index (χ3v) is 7.02. The highest BCUT2D eigenvalue weighted by Crippen LogP contribution is 2.61. The molecular formula is C20H28O4. The number of allylic oxidation sites excluding steroid dienone is 2. The van der Waals surface area contributed by atoms with Gasteiger partial charge in [-0.1, -0.05) is 32.9 Å². The van der Waals surface area contributed by atoms with Gasteiger partial charge in [0, 0.05) is 0 Å². The lowest BCUT2D eigenvalue weighted by Gasteiger charge is -2.59. The molecular weight excluding hydrogens is 304 g/mol. The average molecular weight is 332 g/mol. The van der Waals surface area contributed by atoms with E-state index in [4.69, 9.17) is 0 Å². The van der Waals surface area contributed by atoms with Gasteiger partial charge in [-0.25, -0.2) is 0 Å². The molecule has 4 nitrogen and oxygen atoms in total. The molecule has 3 rings (SSSR count). The van der Waals surface area contributed by atoms with E-state index >= 15 is 0 Å². The number of hydrogen-bond acceptors (Lipinski definition) is 4. The van der Waals surface area contributed by atoms with Crippen molar-refractivity contribution in [2.24, 2.45) is 22.2 Å². The highest BCUT2D eigenvalue weighted by Gasteiger charge is 2.59. The second-order valence-corrected chi connectivity index (χ2v) is 8.71. The highest BCUT2D eigenvalue weighted by atomic mass is 16.3. The molecule has 0 aromatic carbocycles. The topological polar surface area (TPSA) is 77.8 Å². The van der Waals surface area contributed by atoms with Crippen LogP contribution in [0.3, 0.4) is 0 Å². The molecule has 4 heteroatoms. The number of hydrogen-bond donors (Lipinski definition) is 3. The zero-order valence-corrected chi connectivity index (χ0v) is 14.9. The summed E-state index contributed by atoms with van der Waals surface area (Å²) < 4.78 is 0. The van der Waals surface area contributed by atoms with Crippen LogP contribution in [-0.4, -0.2) is 39.4 Å². The monoisotopic (exact) mass is 332 g/mol. The van der Waals surface area contributed by atoms with Crippen LogP contribution < -0.4 is 0 Å². The van der Waals surface area contributed by atoms with Crippen LogP contribution in [-0.2, 0) is 4.79 Å². The molecule has 3 aliphatic carbocycles.